The van der Waals surface area contributed by atoms with Crippen molar-refractivity contribution in [1.29, 1.82) is 0 Å². The number of hydrogen-bond donors (Lipinski definition) is 1. The summed E-state index contributed by atoms with van der Waals surface area (Å²) >= 11 is 4.82. The van der Waals surface area contributed by atoms with Gasteiger partial charge in [-0.05, 0) is 26.0 Å². The normalized spacial score (nSPS) is 10.0. The van der Waals surface area contributed by atoms with E-state index in [2.05, 4.69) is 4.98 Å². The molecule has 0 unspecified atom stereocenters. The number of aromatic nitrogens is 1. The van der Waals surface area contributed by atoms with Crippen LogP contribution in [0.3, 0.4) is 0 Å². The van der Waals surface area contributed by atoms with Crippen molar-refractivity contribution in [2.45, 2.75) is 20.3 Å². The van der Waals surface area contributed by atoms with Gasteiger partial charge in [-0.25, -0.2) is 0 Å². The Bertz CT molecular complexity index is 420. The Hall–Kier alpha value is -1.49. The highest BCUT2D eigenvalue weighted by atomic mass is 32.1. The summed E-state index contributed by atoms with van der Waals surface area (Å²) in [5.41, 5.74) is 6.93. The molecule has 0 saturated heterocycles. The summed E-state index contributed by atoms with van der Waals surface area (Å²) in [6, 6.07) is 3.50. The molecule has 1 aromatic rings. The molecule has 4 nitrogen and oxygen atoms in total. The number of pyridine rings is 1. The minimum atomic E-state index is -0.00532. The summed E-state index contributed by atoms with van der Waals surface area (Å²) in [5, 5.41) is 0. The molecule has 17 heavy (non-hydrogen) atoms. The first-order valence-corrected chi connectivity index (χ1v) is 5.95. The maximum atomic E-state index is 12.2. The Morgan fingerprint density at radius 1 is 1.59 bits per heavy atom. The van der Waals surface area contributed by atoms with Gasteiger partial charge in [0.15, 0.2) is 0 Å². The number of hydrogen-bond acceptors (Lipinski definition) is 3. The Morgan fingerprint density at radius 3 is 2.82 bits per heavy atom. The molecule has 0 saturated carbocycles. The van der Waals surface area contributed by atoms with E-state index in [1.165, 1.54) is 0 Å². The summed E-state index contributed by atoms with van der Waals surface area (Å²) in [7, 11) is 0. The second kappa shape index (κ2) is 6.30. The van der Waals surface area contributed by atoms with Crippen LogP contribution in [0.15, 0.2) is 18.3 Å². The molecule has 0 atom stereocenters. The average Bonchev–Trinajstić information content (AvgIpc) is 2.29. The van der Waals surface area contributed by atoms with Crippen LogP contribution < -0.4 is 5.73 Å². The van der Waals surface area contributed by atoms with Crippen LogP contribution in [0.4, 0.5) is 0 Å². The molecule has 1 aromatic heterocycles. The van der Waals surface area contributed by atoms with Crippen molar-refractivity contribution in [2.75, 3.05) is 13.1 Å². The lowest BCUT2D eigenvalue weighted by Crippen LogP contribution is -2.33. The van der Waals surface area contributed by atoms with Crippen molar-refractivity contribution in [3.63, 3.8) is 0 Å². The molecule has 5 heteroatoms. The number of rotatable bonds is 5. The van der Waals surface area contributed by atoms with Crippen LogP contribution in [0.1, 0.15) is 29.4 Å². The zero-order chi connectivity index (χ0) is 12.8. The van der Waals surface area contributed by atoms with Gasteiger partial charge in [0.05, 0.1) is 4.99 Å². The molecule has 1 heterocycles. The largest absolute Gasteiger partial charge is 0.393 e. The van der Waals surface area contributed by atoms with Gasteiger partial charge < -0.3 is 10.6 Å². The minimum Gasteiger partial charge on any atom is -0.393 e. The van der Waals surface area contributed by atoms with Crippen molar-refractivity contribution >= 4 is 23.1 Å². The Labute approximate surface area is 107 Å². The van der Waals surface area contributed by atoms with E-state index < -0.39 is 0 Å². The lowest BCUT2D eigenvalue weighted by Gasteiger charge is -2.20. The van der Waals surface area contributed by atoms with Gasteiger partial charge in [-0.2, -0.15) is 0 Å². The summed E-state index contributed by atoms with van der Waals surface area (Å²) in [5.74, 6) is -0.00532. The van der Waals surface area contributed by atoms with Gasteiger partial charge in [-0.1, -0.05) is 12.2 Å². The first-order valence-electron chi connectivity index (χ1n) is 5.54. The molecule has 0 bridgehead atoms. The molecule has 0 radical (unpaired) electrons. The van der Waals surface area contributed by atoms with E-state index in [1.807, 2.05) is 13.8 Å². The lowest BCUT2D eigenvalue weighted by atomic mass is 10.2. The van der Waals surface area contributed by atoms with Crippen molar-refractivity contribution in [3.05, 3.63) is 29.6 Å². The van der Waals surface area contributed by atoms with Crippen LogP contribution in [0.25, 0.3) is 0 Å². The first-order chi connectivity index (χ1) is 8.04. The van der Waals surface area contributed by atoms with Crippen molar-refractivity contribution < 1.29 is 4.79 Å². The highest BCUT2D eigenvalue weighted by molar-refractivity contribution is 7.80. The third kappa shape index (κ3) is 4.11. The molecular weight excluding hydrogens is 234 g/mol. The lowest BCUT2D eigenvalue weighted by molar-refractivity contribution is 0.0768. The fourth-order valence-corrected chi connectivity index (χ4v) is 1.60. The predicted molar refractivity (Wildman–Crippen MR) is 72.0 cm³/mol. The molecule has 92 valence electrons. The fourth-order valence-electron chi connectivity index (χ4n) is 1.51. The molecule has 0 aliphatic rings. The van der Waals surface area contributed by atoms with Crippen LogP contribution in [-0.4, -0.2) is 33.9 Å². The van der Waals surface area contributed by atoms with Crippen LogP contribution in [-0.2, 0) is 0 Å². The second-order valence-electron chi connectivity index (χ2n) is 3.79. The topological polar surface area (TPSA) is 59.2 Å². The molecule has 1 amide bonds. The molecule has 0 aliphatic carbocycles. The van der Waals surface area contributed by atoms with Gasteiger partial charge in [-0.3, -0.25) is 9.78 Å². The van der Waals surface area contributed by atoms with E-state index in [0.29, 0.717) is 30.1 Å². The van der Waals surface area contributed by atoms with Gasteiger partial charge in [-0.15, -0.1) is 0 Å². The zero-order valence-electron chi connectivity index (χ0n) is 10.1. The summed E-state index contributed by atoms with van der Waals surface area (Å²) in [6.45, 7) is 5.00. The number of aryl methyl sites for hydroxylation is 1. The van der Waals surface area contributed by atoms with Crippen LogP contribution in [0, 0.1) is 6.92 Å². The third-order valence-electron chi connectivity index (χ3n) is 2.44. The van der Waals surface area contributed by atoms with E-state index in [4.69, 9.17) is 18.0 Å². The van der Waals surface area contributed by atoms with Crippen LogP contribution >= 0.6 is 12.2 Å². The maximum Gasteiger partial charge on any atom is 0.253 e. The van der Waals surface area contributed by atoms with Crippen molar-refractivity contribution in [3.8, 4) is 0 Å². The summed E-state index contributed by atoms with van der Waals surface area (Å²) in [4.78, 5) is 18.4. The van der Waals surface area contributed by atoms with Crippen molar-refractivity contribution in [2.24, 2.45) is 5.73 Å². The Balaban J connectivity index is 2.75. The van der Waals surface area contributed by atoms with Crippen molar-refractivity contribution in [1.82, 2.24) is 9.88 Å². The van der Waals surface area contributed by atoms with E-state index in [-0.39, 0.29) is 5.91 Å². The minimum absolute atomic E-state index is 0.00532. The highest BCUT2D eigenvalue weighted by Crippen LogP contribution is 2.06. The van der Waals surface area contributed by atoms with Gasteiger partial charge in [0.25, 0.3) is 5.91 Å². The number of carbonyl (C=O) groups is 1. The van der Waals surface area contributed by atoms with Crippen LogP contribution in [0.2, 0.25) is 0 Å². The summed E-state index contributed by atoms with van der Waals surface area (Å²) < 4.78 is 0. The maximum absolute atomic E-state index is 12.2. The van der Waals surface area contributed by atoms with E-state index in [0.717, 1.165) is 5.69 Å². The molecular formula is C12H17N3OS. The summed E-state index contributed by atoms with van der Waals surface area (Å²) in [6.07, 6.45) is 2.20. The van der Waals surface area contributed by atoms with Crippen LogP contribution in [0.5, 0.6) is 0 Å². The average molecular weight is 251 g/mol. The molecule has 0 spiro atoms. The monoisotopic (exact) mass is 251 g/mol. The number of nitrogens with zero attached hydrogens (tertiary/aromatic N) is 2. The van der Waals surface area contributed by atoms with Gasteiger partial charge in [0, 0.05) is 37.0 Å². The van der Waals surface area contributed by atoms with E-state index in [1.54, 1.807) is 23.2 Å². The van der Waals surface area contributed by atoms with Gasteiger partial charge in [0.1, 0.15) is 0 Å². The molecule has 0 aromatic carbocycles. The Morgan fingerprint density at radius 2 is 2.29 bits per heavy atom. The second-order valence-corrected chi connectivity index (χ2v) is 4.31. The Kier molecular flexibility index (Phi) is 5.03. The predicted octanol–water partition coefficient (Wildman–Crippen LogP) is 1.53. The van der Waals surface area contributed by atoms with Gasteiger partial charge >= 0.3 is 0 Å². The SMILES string of the molecule is CCN(CCC(N)=S)C(=O)c1ccnc(C)c1. The van der Waals surface area contributed by atoms with Gasteiger partial charge in [0.2, 0.25) is 0 Å². The number of nitrogens with two attached hydrogens (primary N) is 1. The van der Waals surface area contributed by atoms with E-state index in [9.17, 15) is 4.79 Å². The molecule has 2 N–H and O–H groups in total. The standard InChI is InChI=1S/C12H17N3OS/c1-3-15(7-5-11(13)17)12(16)10-4-6-14-9(2)8-10/h4,6,8H,3,5,7H2,1-2H3,(H2,13,17). The molecule has 0 fully saturated rings. The first kappa shape index (κ1) is 13.6. The van der Waals surface area contributed by atoms with E-state index >= 15 is 0 Å². The highest BCUT2D eigenvalue weighted by Gasteiger charge is 2.14. The smallest absolute Gasteiger partial charge is 0.253 e. The molecule has 0 aliphatic heterocycles. The quantitative estimate of drug-likeness (QED) is 0.806. The zero-order valence-corrected chi connectivity index (χ0v) is 11.0. The number of amides is 1. The number of carbonyl (C=O) groups excluding carboxylic acids is 1. The fraction of sp³-hybridized carbons (Fsp3) is 0.417. The number of thiocarbonyl (C=S) groups is 1. The molecule has 1 rings (SSSR count). The third-order valence-corrected chi connectivity index (χ3v) is 2.64.